The van der Waals surface area contributed by atoms with Gasteiger partial charge >= 0.3 is 12.1 Å². The van der Waals surface area contributed by atoms with Crippen molar-refractivity contribution >= 4 is 33.3 Å². The number of benzene rings is 2. The van der Waals surface area contributed by atoms with E-state index in [2.05, 4.69) is 20.3 Å². The van der Waals surface area contributed by atoms with E-state index >= 15 is 0 Å². The third-order valence-electron chi connectivity index (χ3n) is 5.00. The lowest BCUT2D eigenvalue weighted by atomic mass is 10.1. The molecule has 9 nitrogen and oxygen atoms in total. The number of anilines is 2. The van der Waals surface area contributed by atoms with Crippen LogP contribution in [0.15, 0.2) is 47.4 Å². The molecule has 0 bridgehead atoms. The number of piperazine rings is 1. The number of carboxylic acids is 1. The number of aliphatic carboxylic acids is 1. The van der Waals surface area contributed by atoms with E-state index in [1.165, 1.54) is 12.1 Å². The summed E-state index contributed by atoms with van der Waals surface area (Å²) in [6, 6.07) is 9.63. The maximum atomic E-state index is 13.2. The Morgan fingerprint density at radius 2 is 1.65 bits per heavy atom. The van der Waals surface area contributed by atoms with Crippen LogP contribution in [-0.4, -0.2) is 64.3 Å². The highest BCUT2D eigenvalue weighted by Gasteiger charge is 2.38. The molecule has 1 amide bonds. The predicted molar refractivity (Wildman–Crippen MR) is 130 cm³/mol. The summed E-state index contributed by atoms with van der Waals surface area (Å²) in [5.41, 5.74) is 1.38. The average molecular weight is 549 g/mol. The van der Waals surface area contributed by atoms with Gasteiger partial charge in [-0.25, -0.2) is 17.6 Å². The topological polar surface area (TPSA) is 128 Å². The van der Waals surface area contributed by atoms with Crippen LogP contribution in [0.5, 0.6) is 0 Å². The molecule has 0 radical (unpaired) electrons. The second kappa shape index (κ2) is 12.7. The van der Waals surface area contributed by atoms with Crippen molar-refractivity contribution in [3.05, 3.63) is 53.8 Å². The molecular formula is C23H28F4N4O5S. The van der Waals surface area contributed by atoms with E-state index in [-0.39, 0.29) is 10.8 Å². The molecule has 0 saturated carbocycles. The number of carboxylic acid groups (broad SMARTS) is 1. The number of sulfonamides is 1. The summed E-state index contributed by atoms with van der Waals surface area (Å²) in [7, 11) is -3.95. The van der Waals surface area contributed by atoms with Gasteiger partial charge in [-0.2, -0.15) is 13.2 Å². The molecule has 1 aliphatic heterocycles. The first-order valence-electron chi connectivity index (χ1n) is 11.2. The monoisotopic (exact) mass is 548 g/mol. The summed E-state index contributed by atoms with van der Waals surface area (Å²) >= 11 is 0. The van der Waals surface area contributed by atoms with Gasteiger partial charge in [0.2, 0.25) is 0 Å². The number of rotatable bonds is 7. The number of carbonyl (C=O) groups excluding carboxylic acids is 1. The molecule has 14 heteroatoms. The van der Waals surface area contributed by atoms with Crippen molar-refractivity contribution in [1.29, 1.82) is 0 Å². The first-order chi connectivity index (χ1) is 17.2. The maximum Gasteiger partial charge on any atom is 0.490 e. The van der Waals surface area contributed by atoms with E-state index < -0.39 is 28.0 Å². The summed E-state index contributed by atoms with van der Waals surface area (Å²) in [4.78, 5) is 23.4. The standard InChI is InChI=1S/C21H27FN4O3S.C2HF3O2/c1-15(2)14-24-21(27)16-3-8-20(26-11-9-23-10-12-26)19(13-16)25-30(28,29)18-6-4-17(22)5-7-18;3-2(4,5)1(6)7/h3-8,13,15,23,25H,9-12,14H2,1-2H3,(H,24,27);(H,6,7). The summed E-state index contributed by atoms with van der Waals surface area (Å²) < 4.78 is 73.3. The highest BCUT2D eigenvalue weighted by atomic mass is 32.2. The third kappa shape index (κ3) is 9.21. The molecule has 0 spiro atoms. The number of nitrogens with one attached hydrogen (secondary N) is 3. The molecule has 0 aromatic heterocycles. The molecule has 37 heavy (non-hydrogen) atoms. The van der Waals surface area contributed by atoms with E-state index in [4.69, 9.17) is 9.90 Å². The zero-order valence-electron chi connectivity index (χ0n) is 20.1. The number of carbonyl (C=O) groups is 2. The lowest BCUT2D eigenvalue weighted by molar-refractivity contribution is -0.192. The van der Waals surface area contributed by atoms with Gasteiger partial charge in [-0.1, -0.05) is 13.8 Å². The molecule has 1 fully saturated rings. The molecule has 0 aliphatic carbocycles. The van der Waals surface area contributed by atoms with Gasteiger partial charge in [0, 0.05) is 38.3 Å². The van der Waals surface area contributed by atoms with Gasteiger partial charge in [0.1, 0.15) is 5.82 Å². The zero-order chi connectivity index (χ0) is 27.8. The Hall–Kier alpha value is -3.39. The van der Waals surface area contributed by atoms with Gasteiger partial charge in [-0.15, -0.1) is 0 Å². The summed E-state index contributed by atoms with van der Waals surface area (Å²) in [5, 5.41) is 13.2. The number of halogens is 4. The average Bonchev–Trinajstić information content (AvgIpc) is 2.83. The highest BCUT2D eigenvalue weighted by molar-refractivity contribution is 7.92. The predicted octanol–water partition coefficient (Wildman–Crippen LogP) is 3.06. The number of nitrogens with zero attached hydrogens (tertiary/aromatic N) is 1. The van der Waals surface area contributed by atoms with Crippen LogP contribution < -0.4 is 20.3 Å². The Labute approximate surface area is 211 Å². The largest absolute Gasteiger partial charge is 0.490 e. The zero-order valence-corrected chi connectivity index (χ0v) is 20.9. The van der Waals surface area contributed by atoms with E-state index in [0.717, 1.165) is 25.2 Å². The van der Waals surface area contributed by atoms with Gasteiger partial charge in [0.25, 0.3) is 15.9 Å². The number of alkyl halides is 3. The molecule has 3 rings (SSSR count). The van der Waals surface area contributed by atoms with Gasteiger partial charge in [-0.3, -0.25) is 9.52 Å². The Bertz CT molecular complexity index is 1180. The fraction of sp³-hybridized carbons (Fsp3) is 0.391. The van der Waals surface area contributed by atoms with Gasteiger partial charge in [-0.05, 0) is 48.4 Å². The van der Waals surface area contributed by atoms with Gasteiger partial charge < -0.3 is 20.6 Å². The van der Waals surface area contributed by atoms with Crippen LogP contribution in [-0.2, 0) is 14.8 Å². The lowest BCUT2D eigenvalue weighted by Gasteiger charge is -2.31. The van der Waals surface area contributed by atoms with Crippen molar-refractivity contribution in [2.75, 3.05) is 42.3 Å². The third-order valence-corrected chi connectivity index (χ3v) is 6.38. The minimum atomic E-state index is -5.08. The van der Waals surface area contributed by atoms with Crippen molar-refractivity contribution in [3.8, 4) is 0 Å². The summed E-state index contributed by atoms with van der Waals surface area (Å²) in [6.07, 6.45) is -5.08. The lowest BCUT2D eigenvalue weighted by Crippen LogP contribution is -2.43. The molecule has 204 valence electrons. The van der Waals surface area contributed by atoms with Crippen LogP contribution in [0.4, 0.5) is 28.9 Å². The quantitative estimate of drug-likeness (QED) is 0.392. The van der Waals surface area contributed by atoms with Crippen LogP contribution in [0.1, 0.15) is 24.2 Å². The van der Waals surface area contributed by atoms with Gasteiger partial charge in [0.05, 0.1) is 16.3 Å². The minimum absolute atomic E-state index is 0.0511. The molecule has 1 aliphatic rings. The maximum absolute atomic E-state index is 13.2. The van der Waals surface area contributed by atoms with E-state index in [1.807, 2.05) is 13.8 Å². The normalized spacial score (nSPS) is 14.0. The van der Waals surface area contributed by atoms with E-state index in [9.17, 15) is 30.8 Å². The highest BCUT2D eigenvalue weighted by Crippen LogP contribution is 2.30. The molecule has 0 unspecified atom stereocenters. The van der Waals surface area contributed by atoms with Crippen molar-refractivity contribution in [2.45, 2.75) is 24.9 Å². The summed E-state index contributed by atoms with van der Waals surface area (Å²) in [6.45, 7) is 7.50. The van der Waals surface area contributed by atoms with E-state index in [1.54, 1.807) is 18.2 Å². The Morgan fingerprint density at radius 3 is 2.16 bits per heavy atom. The fourth-order valence-electron chi connectivity index (χ4n) is 3.16. The first-order valence-corrected chi connectivity index (χ1v) is 12.7. The molecule has 1 saturated heterocycles. The van der Waals surface area contributed by atoms with Crippen LogP contribution in [0.3, 0.4) is 0 Å². The molecule has 2 aromatic carbocycles. The van der Waals surface area contributed by atoms with Crippen LogP contribution >= 0.6 is 0 Å². The van der Waals surface area contributed by atoms with Crippen molar-refractivity contribution in [2.24, 2.45) is 5.92 Å². The Morgan fingerprint density at radius 1 is 1.08 bits per heavy atom. The second-order valence-electron chi connectivity index (χ2n) is 8.44. The Kier molecular flexibility index (Phi) is 10.3. The fourth-order valence-corrected chi connectivity index (χ4v) is 4.22. The van der Waals surface area contributed by atoms with E-state index in [0.29, 0.717) is 42.5 Å². The molecule has 1 heterocycles. The van der Waals surface area contributed by atoms with Crippen LogP contribution in [0.25, 0.3) is 0 Å². The van der Waals surface area contributed by atoms with Crippen molar-refractivity contribution in [1.82, 2.24) is 10.6 Å². The number of amides is 1. The summed E-state index contributed by atoms with van der Waals surface area (Å²) in [5.74, 6) is -3.24. The SMILES string of the molecule is CC(C)CNC(=O)c1ccc(N2CCNCC2)c(NS(=O)(=O)c2ccc(F)cc2)c1.O=C(O)C(F)(F)F. The molecule has 2 aromatic rings. The molecular weight excluding hydrogens is 520 g/mol. The smallest absolute Gasteiger partial charge is 0.475 e. The number of hydrogen-bond acceptors (Lipinski definition) is 6. The van der Waals surface area contributed by atoms with Gasteiger partial charge in [0.15, 0.2) is 0 Å². The second-order valence-corrected chi connectivity index (χ2v) is 10.1. The molecule has 0 atom stereocenters. The minimum Gasteiger partial charge on any atom is -0.475 e. The molecule has 4 N–H and O–H groups in total. The van der Waals surface area contributed by atoms with Crippen LogP contribution in [0, 0.1) is 11.7 Å². The van der Waals surface area contributed by atoms with Crippen molar-refractivity contribution < 1.29 is 40.7 Å². The Balaban J connectivity index is 0.000000604. The first kappa shape index (κ1) is 29.8. The van der Waals surface area contributed by atoms with Crippen molar-refractivity contribution in [3.63, 3.8) is 0 Å². The van der Waals surface area contributed by atoms with Crippen LogP contribution in [0.2, 0.25) is 0 Å². The number of hydrogen-bond donors (Lipinski definition) is 4.